The Labute approximate surface area is 256 Å². The lowest BCUT2D eigenvalue weighted by atomic mass is 10.0. The number of thioether (sulfide) groups is 1. The lowest BCUT2D eigenvalue weighted by molar-refractivity contribution is -0.142. The van der Waals surface area contributed by atoms with E-state index in [0.717, 1.165) is 28.8 Å². The van der Waals surface area contributed by atoms with Gasteiger partial charge in [-0.1, -0.05) is 97.1 Å². The SMILES string of the molecule is COC(=O)C(CSCc1ccccc1)NC(=O)c1nc(-c2ccc(C(F)(F)F)cc2)[nH]c1-c1ccc(-c2ccccc2)cc1. The van der Waals surface area contributed by atoms with E-state index < -0.39 is 29.7 Å². The first-order valence-electron chi connectivity index (χ1n) is 13.7. The molecule has 0 saturated heterocycles. The fourth-order valence-corrected chi connectivity index (χ4v) is 5.57. The number of hydrogen-bond donors (Lipinski definition) is 2. The Morgan fingerprint density at radius 3 is 2.00 bits per heavy atom. The van der Waals surface area contributed by atoms with E-state index in [1.165, 1.54) is 31.0 Å². The van der Waals surface area contributed by atoms with Crippen LogP contribution in [-0.4, -0.2) is 40.7 Å². The van der Waals surface area contributed by atoms with Gasteiger partial charge in [0.1, 0.15) is 11.9 Å². The highest BCUT2D eigenvalue weighted by molar-refractivity contribution is 7.98. The lowest BCUT2D eigenvalue weighted by Crippen LogP contribution is -2.43. The zero-order chi connectivity index (χ0) is 31.1. The summed E-state index contributed by atoms with van der Waals surface area (Å²) in [6.07, 6.45) is -4.49. The van der Waals surface area contributed by atoms with Gasteiger partial charge in [0.2, 0.25) is 0 Å². The van der Waals surface area contributed by atoms with Crippen LogP contribution in [0.25, 0.3) is 33.8 Å². The van der Waals surface area contributed by atoms with Crippen molar-refractivity contribution >= 4 is 23.6 Å². The van der Waals surface area contributed by atoms with Crippen LogP contribution in [0.2, 0.25) is 0 Å². The molecule has 0 bridgehead atoms. The molecular formula is C34H28F3N3O3S. The summed E-state index contributed by atoms with van der Waals surface area (Å²) in [5.74, 6) is -0.142. The minimum Gasteiger partial charge on any atom is -0.467 e. The van der Waals surface area contributed by atoms with E-state index in [4.69, 9.17) is 4.74 Å². The van der Waals surface area contributed by atoms with Gasteiger partial charge < -0.3 is 15.0 Å². The second kappa shape index (κ2) is 13.6. The molecule has 1 amide bonds. The third-order valence-corrected chi connectivity index (χ3v) is 7.98. The second-order valence-electron chi connectivity index (χ2n) is 9.88. The molecular weight excluding hydrogens is 587 g/mol. The predicted octanol–water partition coefficient (Wildman–Crippen LogP) is 7.63. The summed E-state index contributed by atoms with van der Waals surface area (Å²) in [4.78, 5) is 33.9. The maximum Gasteiger partial charge on any atom is 0.416 e. The Hall–Kier alpha value is -4.83. The van der Waals surface area contributed by atoms with Crippen LogP contribution in [0.5, 0.6) is 0 Å². The van der Waals surface area contributed by atoms with E-state index in [0.29, 0.717) is 22.6 Å². The van der Waals surface area contributed by atoms with Crippen LogP contribution in [0.15, 0.2) is 109 Å². The number of methoxy groups -OCH3 is 1. The Kier molecular flexibility index (Phi) is 9.50. The number of hydrogen-bond acceptors (Lipinski definition) is 5. The summed E-state index contributed by atoms with van der Waals surface area (Å²) in [6, 6.07) is 30.5. The fraction of sp³-hybridized carbons (Fsp3) is 0.147. The molecule has 1 atom stereocenters. The minimum atomic E-state index is -4.49. The normalized spacial score (nSPS) is 12.0. The molecule has 0 fully saturated rings. The minimum absolute atomic E-state index is 0.00526. The molecule has 4 aromatic carbocycles. The molecule has 6 nitrogen and oxygen atoms in total. The highest BCUT2D eigenvalue weighted by Crippen LogP contribution is 2.32. The monoisotopic (exact) mass is 615 g/mol. The summed E-state index contributed by atoms with van der Waals surface area (Å²) in [5, 5.41) is 2.75. The Bertz CT molecular complexity index is 1710. The number of carbonyl (C=O) groups is 2. The molecule has 0 saturated carbocycles. The number of aromatic nitrogens is 2. The van der Waals surface area contributed by atoms with Crippen molar-refractivity contribution in [3.63, 3.8) is 0 Å². The summed E-state index contributed by atoms with van der Waals surface area (Å²) in [6.45, 7) is 0. The van der Waals surface area contributed by atoms with E-state index in [1.807, 2.05) is 84.9 Å². The molecule has 1 unspecified atom stereocenters. The van der Waals surface area contributed by atoms with Gasteiger partial charge in [0, 0.05) is 22.6 Å². The first-order valence-corrected chi connectivity index (χ1v) is 14.8. The molecule has 1 heterocycles. The number of halogens is 3. The number of ether oxygens (including phenoxy) is 1. The van der Waals surface area contributed by atoms with Crippen molar-refractivity contribution in [3.05, 3.63) is 126 Å². The van der Waals surface area contributed by atoms with Gasteiger partial charge in [-0.15, -0.1) is 0 Å². The third kappa shape index (κ3) is 7.38. The van der Waals surface area contributed by atoms with Gasteiger partial charge >= 0.3 is 12.1 Å². The summed E-state index contributed by atoms with van der Waals surface area (Å²) >= 11 is 1.47. The van der Waals surface area contributed by atoms with Crippen molar-refractivity contribution in [1.29, 1.82) is 0 Å². The number of carbonyl (C=O) groups excluding carboxylic acids is 2. The fourth-order valence-electron chi connectivity index (χ4n) is 4.57. The predicted molar refractivity (Wildman–Crippen MR) is 166 cm³/mol. The van der Waals surface area contributed by atoms with Crippen LogP contribution in [0.3, 0.4) is 0 Å². The topological polar surface area (TPSA) is 84.1 Å². The summed E-state index contributed by atoms with van der Waals surface area (Å²) < 4.78 is 44.4. The zero-order valence-corrected chi connectivity index (χ0v) is 24.4. The van der Waals surface area contributed by atoms with Crippen LogP contribution in [0.1, 0.15) is 21.6 Å². The number of esters is 1. The molecule has 0 aliphatic rings. The average Bonchev–Trinajstić information content (AvgIpc) is 3.50. The number of nitrogens with zero attached hydrogens (tertiary/aromatic N) is 1. The number of nitrogens with one attached hydrogen (secondary N) is 2. The highest BCUT2D eigenvalue weighted by atomic mass is 32.2. The number of imidazole rings is 1. The van der Waals surface area contributed by atoms with Crippen molar-refractivity contribution in [2.75, 3.05) is 12.9 Å². The van der Waals surface area contributed by atoms with Crippen molar-refractivity contribution in [2.45, 2.75) is 18.0 Å². The smallest absolute Gasteiger partial charge is 0.416 e. The van der Waals surface area contributed by atoms with Crippen LogP contribution in [-0.2, 0) is 21.5 Å². The molecule has 0 aliphatic heterocycles. The van der Waals surface area contributed by atoms with E-state index in [9.17, 15) is 22.8 Å². The lowest BCUT2D eigenvalue weighted by Gasteiger charge is -2.16. The standard InChI is InChI=1S/C34H28F3N3O3S/c1-43-33(42)28(21-44-20-22-8-4-2-5-9-22)38-32(41)30-29(25-14-12-24(13-15-25)23-10-6-3-7-11-23)39-31(40-30)26-16-18-27(19-17-26)34(35,36)37/h2-19,28H,20-21H2,1H3,(H,38,41)(H,39,40). The zero-order valence-electron chi connectivity index (χ0n) is 23.6. The molecule has 5 rings (SSSR count). The number of amides is 1. The van der Waals surface area contributed by atoms with Crippen LogP contribution in [0.4, 0.5) is 13.2 Å². The van der Waals surface area contributed by atoms with Crippen molar-refractivity contribution in [3.8, 4) is 33.8 Å². The first kappa shape index (κ1) is 30.6. The van der Waals surface area contributed by atoms with Crippen LogP contribution < -0.4 is 5.32 Å². The van der Waals surface area contributed by atoms with E-state index in [2.05, 4.69) is 15.3 Å². The average molecular weight is 616 g/mol. The summed E-state index contributed by atoms with van der Waals surface area (Å²) in [5.41, 5.74) is 3.60. The largest absolute Gasteiger partial charge is 0.467 e. The molecule has 10 heteroatoms. The van der Waals surface area contributed by atoms with Gasteiger partial charge in [0.25, 0.3) is 5.91 Å². The van der Waals surface area contributed by atoms with Gasteiger partial charge in [-0.05, 0) is 28.8 Å². The Morgan fingerprint density at radius 1 is 0.818 bits per heavy atom. The number of benzene rings is 4. The molecule has 44 heavy (non-hydrogen) atoms. The van der Waals surface area contributed by atoms with Gasteiger partial charge in [-0.2, -0.15) is 24.9 Å². The molecule has 0 radical (unpaired) electrons. The maximum absolute atomic E-state index is 13.7. The second-order valence-corrected chi connectivity index (χ2v) is 10.9. The number of H-pyrrole nitrogens is 1. The molecule has 2 N–H and O–H groups in total. The van der Waals surface area contributed by atoms with Crippen LogP contribution >= 0.6 is 11.8 Å². The third-order valence-electron chi connectivity index (χ3n) is 6.87. The molecule has 1 aromatic heterocycles. The first-order chi connectivity index (χ1) is 21.2. The van der Waals surface area contributed by atoms with Gasteiger partial charge in [-0.3, -0.25) is 4.79 Å². The van der Waals surface area contributed by atoms with Crippen LogP contribution in [0, 0.1) is 0 Å². The van der Waals surface area contributed by atoms with Crippen molar-refractivity contribution < 1.29 is 27.5 Å². The summed E-state index contributed by atoms with van der Waals surface area (Å²) in [7, 11) is 1.25. The number of alkyl halides is 3. The van der Waals surface area contributed by atoms with E-state index in [1.54, 1.807) is 0 Å². The van der Waals surface area contributed by atoms with Gasteiger partial charge in [-0.25, -0.2) is 9.78 Å². The number of aromatic amines is 1. The quantitative estimate of drug-likeness (QED) is 0.158. The van der Waals surface area contributed by atoms with Gasteiger partial charge in [0.05, 0.1) is 18.4 Å². The molecule has 224 valence electrons. The Morgan fingerprint density at radius 2 is 1.39 bits per heavy atom. The number of rotatable bonds is 10. The van der Waals surface area contributed by atoms with Gasteiger partial charge in [0.15, 0.2) is 5.69 Å². The molecule has 5 aromatic rings. The van der Waals surface area contributed by atoms with Crippen molar-refractivity contribution in [2.24, 2.45) is 0 Å². The van der Waals surface area contributed by atoms with E-state index in [-0.39, 0.29) is 17.3 Å². The highest BCUT2D eigenvalue weighted by Gasteiger charge is 2.30. The molecule has 0 aliphatic carbocycles. The van der Waals surface area contributed by atoms with Crippen molar-refractivity contribution in [1.82, 2.24) is 15.3 Å². The molecule has 0 spiro atoms. The Balaban J connectivity index is 1.45. The van der Waals surface area contributed by atoms with E-state index >= 15 is 0 Å². The maximum atomic E-state index is 13.7.